The highest BCUT2D eigenvalue weighted by Gasteiger charge is 2.62. The fourth-order valence-electron chi connectivity index (χ4n) is 5.89. The predicted molar refractivity (Wildman–Crippen MR) is 119 cm³/mol. The first-order valence-electron chi connectivity index (χ1n) is 11.2. The summed E-state index contributed by atoms with van der Waals surface area (Å²) >= 11 is 6.07. The van der Waals surface area contributed by atoms with Crippen LogP contribution in [-0.2, 0) is 27.0 Å². The van der Waals surface area contributed by atoms with Gasteiger partial charge in [-0.1, -0.05) is 41.9 Å². The van der Waals surface area contributed by atoms with Crippen LogP contribution < -0.4 is 5.32 Å². The Kier molecular flexibility index (Phi) is 5.67. The number of hydrogen-bond acceptors (Lipinski definition) is 3. The molecule has 2 bridgehead atoms. The number of imide groups is 1. The lowest BCUT2D eigenvalue weighted by molar-refractivity contribution is -0.147. The molecule has 1 heterocycles. The molecule has 178 valence electrons. The Bertz CT molecular complexity index is 1130. The Balaban J connectivity index is 1.47. The monoisotopic (exact) mass is 490 g/mol. The highest BCUT2D eigenvalue weighted by Crippen LogP contribution is 2.56. The number of nitrogens with zero attached hydrogens (tertiary/aromatic N) is 1. The molecule has 1 N–H and O–H groups in total. The van der Waals surface area contributed by atoms with Gasteiger partial charge in [0, 0.05) is 6.42 Å². The molecule has 5 rings (SSSR count). The number of carbonyl (C=O) groups is 3. The third-order valence-electron chi connectivity index (χ3n) is 7.40. The van der Waals surface area contributed by atoms with E-state index in [0.717, 1.165) is 47.9 Å². The second kappa shape index (κ2) is 8.41. The lowest BCUT2D eigenvalue weighted by atomic mass is 9.81. The number of likely N-dealkylation sites (tertiary alicyclic amines) is 1. The lowest BCUT2D eigenvalue weighted by Crippen LogP contribution is -2.49. The molecule has 3 aliphatic rings. The molecule has 0 spiro atoms. The van der Waals surface area contributed by atoms with Crippen LogP contribution in [0.5, 0.6) is 0 Å². The van der Waals surface area contributed by atoms with Gasteiger partial charge in [-0.25, -0.2) is 0 Å². The Morgan fingerprint density at radius 2 is 1.65 bits per heavy atom. The van der Waals surface area contributed by atoms with Crippen molar-refractivity contribution >= 4 is 35.0 Å². The summed E-state index contributed by atoms with van der Waals surface area (Å²) < 4.78 is 39.6. The standard InChI is InChI=1S/C25H22ClF3N2O3/c26-17-9-8-16(25(27,28)29)12-18(17)30-22(32)19(10-13-4-2-1-3-5-13)31-23(33)20-14-6-7-15(11-14)21(20)24(31)34/h1-5,8-9,12,14-15,19-21H,6-7,10-11H2,(H,30,32)/t14-,15+,19-,20+,21+/m1/s1. The number of fused-ring (bicyclic) bond motifs is 5. The summed E-state index contributed by atoms with van der Waals surface area (Å²) in [7, 11) is 0. The van der Waals surface area contributed by atoms with Crippen molar-refractivity contribution in [2.75, 3.05) is 5.32 Å². The van der Waals surface area contributed by atoms with Gasteiger partial charge in [-0.3, -0.25) is 19.3 Å². The van der Waals surface area contributed by atoms with Crippen molar-refractivity contribution < 1.29 is 27.6 Å². The number of alkyl halides is 3. The van der Waals surface area contributed by atoms with Crippen LogP contribution in [0, 0.1) is 23.7 Å². The van der Waals surface area contributed by atoms with Crippen LogP contribution in [0.2, 0.25) is 5.02 Å². The fraction of sp³-hybridized carbons (Fsp3) is 0.400. The molecule has 9 heteroatoms. The van der Waals surface area contributed by atoms with Gasteiger partial charge in [0.05, 0.1) is 28.1 Å². The van der Waals surface area contributed by atoms with Crippen LogP contribution >= 0.6 is 11.6 Å². The van der Waals surface area contributed by atoms with Gasteiger partial charge in [-0.15, -0.1) is 0 Å². The van der Waals surface area contributed by atoms with Gasteiger partial charge in [0.1, 0.15) is 6.04 Å². The topological polar surface area (TPSA) is 66.5 Å². The first-order chi connectivity index (χ1) is 16.1. The van der Waals surface area contributed by atoms with Gasteiger partial charge in [0.2, 0.25) is 17.7 Å². The summed E-state index contributed by atoms with van der Waals surface area (Å²) in [5.41, 5.74) is -0.469. The van der Waals surface area contributed by atoms with E-state index in [4.69, 9.17) is 11.6 Å². The minimum absolute atomic E-state index is 0.0511. The van der Waals surface area contributed by atoms with Crippen molar-refractivity contribution in [1.82, 2.24) is 4.90 Å². The zero-order chi connectivity index (χ0) is 24.2. The minimum Gasteiger partial charge on any atom is -0.323 e. The van der Waals surface area contributed by atoms with Crippen molar-refractivity contribution in [2.24, 2.45) is 23.7 Å². The fourth-order valence-corrected chi connectivity index (χ4v) is 6.06. The van der Waals surface area contributed by atoms with Crippen LogP contribution in [-0.4, -0.2) is 28.7 Å². The molecule has 3 fully saturated rings. The number of halogens is 4. The third-order valence-corrected chi connectivity index (χ3v) is 7.73. The van der Waals surface area contributed by atoms with E-state index in [1.54, 1.807) is 30.3 Å². The molecule has 3 amide bonds. The summed E-state index contributed by atoms with van der Waals surface area (Å²) in [5.74, 6) is -1.98. The molecule has 2 saturated carbocycles. The Labute approximate surface area is 199 Å². The maximum atomic E-state index is 13.4. The molecule has 2 aliphatic carbocycles. The largest absolute Gasteiger partial charge is 0.416 e. The molecule has 1 saturated heterocycles. The van der Waals surface area contributed by atoms with Gasteiger partial charge in [0.15, 0.2) is 0 Å². The van der Waals surface area contributed by atoms with Gasteiger partial charge in [-0.2, -0.15) is 13.2 Å². The van der Waals surface area contributed by atoms with Crippen LogP contribution in [0.15, 0.2) is 48.5 Å². The number of anilines is 1. The first-order valence-corrected chi connectivity index (χ1v) is 11.6. The molecule has 5 atom stereocenters. The molecular formula is C25H22ClF3N2O3. The van der Waals surface area contributed by atoms with Crippen molar-refractivity contribution in [2.45, 2.75) is 37.9 Å². The maximum absolute atomic E-state index is 13.4. The van der Waals surface area contributed by atoms with E-state index in [0.29, 0.717) is 0 Å². The zero-order valence-corrected chi connectivity index (χ0v) is 18.8. The second-order valence-electron chi connectivity index (χ2n) is 9.32. The minimum atomic E-state index is -4.62. The average Bonchev–Trinajstić information content (AvgIpc) is 3.47. The molecule has 0 radical (unpaired) electrons. The van der Waals surface area contributed by atoms with E-state index in [2.05, 4.69) is 5.32 Å². The maximum Gasteiger partial charge on any atom is 0.416 e. The summed E-state index contributed by atoms with van der Waals surface area (Å²) in [6.45, 7) is 0. The Hall–Kier alpha value is -2.87. The van der Waals surface area contributed by atoms with Gasteiger partial charge in [0.25, 0.3) is 0 Å². The lowest BCUT2D eigenvalue weighted by Gasteiger charge is -2.27. The van der Waals surface area contributed by atoms with Crippen LogP contribution in [0.4, 0.5) is 18.9 Å². The van der Waals surface area contributed by atoms with E-state index in [-0.39, 0.29) is 40.8 Å². The molecule has 2 aromatic rings. The first kappa shape index (κ1) is 22.9. The normalized spacial score (nSPS) is 26.6. The number of benzene rings is 2. The van der Waals surface area contributed by atoms with E-state index < -0.39 is 35.5 Å². The number of carbonyl (C=O) groups excluding carboxylic acids is 3. The number of hydrogen-bond donors (Lipinski definition) is 1. The number of rotatable bonds is 5. The molecule has 2 aromatic carbocycles. The van der Waals surface area contributed by atoms with Crippen molar-refractivity contribution in [3.05, 3.63) is 64.7 Å². The SMILES string of the molecule is O=C(Nc1cc(C(F)(F)F)ccc1Cl)[C@@H](Cc1ccccc1)N1C(=O)[C@H]2[C@@H]3CC[C@@H](C3)[C@@H]2C1=O. The smallest absolute Gasteiger partial charge is 0.323 e. The van der Waals surface area contributed by atoms with Crippen molar-refractivity contribution in [3.8, 4) is 0 Å². The molecule has 34 heavy (non-hydrogen) atoms. The zero-order valence-electron chi connectivity index (χ0n) is 18.0. The van der Waals surface area contributed by atoms with E-state index in [1.807, 2.05) is 0 Å². The highest BCUT2D eigenvalue weighted by molar-refractivity contribution is 6.33. The number of nitrogens with one attached hydrogen (secondary N) is 1. The average molecular weight is 491 g/mol. The molecular weight excluding hydrogens is 469 g/mol. The predicted octanol–water partition coefficient (Wildman–Crippen LogP) is 4.94. The van der Waals surface area contributed by atoms with E-state index >= 15 is 0 Å². The summed E-state index contributed by atoms with van der Waals surface area (Å²) in [6.07, 6.45) is -1.92. The van der Waals surface area contributed by atoms with E-state index in [9.17, 15) is 27.6 Å². The van der Waals surface area contributed by atoms with Crippen LogP contribution in [0.25, 0.3) is 0 Å². The summed E-state index contributed by atoms with van der Waals surface area (Å²) in [4.78, 5) is 41.2. The highest BCUT2D eigenvalue weighted by atomic mass is 35.5. The quantitative estimate of drug-likeness (QED) is 0.604. The van der Waals surface area contributed by atoms with Gasteiger partial charge in [-0.05, 0) is 54.9 Å². The third kappa shape index (κ3) is 3.87. The van der Waals surface area contributed by atoms with Gasteiger partial charge < -0.3 is 5.32 Å². The Morgan fingerprint density at radius 3 is 2.24 bits per heavy atom. The molecule has 0 unspecified atom stereocenters. The molecule has 0 aromatic heterocycles. The molecule has 5 nitrogen and oxygen atoms in total. The van der Waals surface area contributed by atoms with Crippen molar-refractivity contribution in [3.63, 3.8) is 0 Å². The van der Waals surface area contributed by atoms with Crippen molar-refractivity contribution in [1.29, 1.82) is 0 Å². The summed E-state index contributed by atoms with van der Waals surface area (Å²) in [6, 6.07) is 10.3. The summed E-state index contributed by atoms with van der Waals surface area (Å²) in [5, 5.41) is 2.37. The van der Waals surface area contributed by atoms with Gasteiger partial charge >= 0.3 is 6.18 Å². The van der Waals surface area contributed by atoms with Crippen LogP contribution in [0.1, 0.15) is 30.4 Å². The van der Waals surface area contributed by atoms with E-state index in [1.165, 1.54) is 0 Å². The van der Waals surface area contributed by atoms with Crippen LogP contribution in [0.3, 0.4) is 0 Å². The molecule has 1 aliphatic heterocycles. The Morgan fingerprint density at radius 1 is 1.03 bits per heavy atom. The second-order valence-corrected chi connectivity index (χ2v) is 9.73. The number of amides is 3.